The Bertz CT molecular complexity index is 1670. The maximum absolute atomic E-state index is 12.9. The zero-order valence-corrected chi connectivity index (χ0v) is 24.2. The van der Waals surface area contributed by atoms with Crippen LogP contribution in [-0.2, 0) is 28.9 Å². The Morgan fingerprint density at radius 3 is 2.15 bits per heavy atom. The van der Waals surface area contributed by atoms with Gasteiger partial charge in [-0.15, -0.1) is 0 Å². The van der Waals surface area contributed by atoms with Crippen molar-refractivity contribution in [3.05, 3.63) is 136 Å². The highest BCUT2D eigenvalue weighted by molar-refractivity contribution is 6.30. The van der Waals surface area contributed by atoms with Gasteiger partial charge in [-0.05, 0) is 79.4 Å². The first-order valence-electron chi connectivity index (χ1n) is 13.5. The summed E-state index contributed by atoms with van der Waals surface area (Å²) in [6, 6.07) is 32.7. The van der Waals surface area contributed by atoms with Crippen LogP contribution >= 0.6 is 11.6 Å². The molecule has 6 heteroatoms. The molecule has 0 bridgehead atoms. The zero-order chi connectivity index (χ0) is 29.0. The summed E-state index contributed by atoms with van der Waals surface area (Å²) in [5.74, 6) is -0.228. The van der Waals surface area contributed by atoms with Crippen molar-refractivity contribution < 1.29 is 19.1 Å². The molecule has 0 aliphatic heterocycles. The summed E-state index contributed by atoms with van der Waals surface area (Å²) >= 11 is 6.18. The molecule has 1 aromatic heterocycles. The second kappa shape index (κ2) is 12.0. The van der Waals surface area contributed by atoms with Crippen molar-refractivity contribution in [2.45, 2.75) is 33.2 Å². The highest BCUT2D eigenvalue weighted by Gasteiger charge is 2.32. The molecule has 0 aliphatic rings. The molecule has 5 nitrogen and oxygen atoms in total. The van der Waals surface area contributed by atoms with Crippen LogP contribution in [0.15, 0.2) is 103 Å². The van der Waals surface area contributed by atoms with Gasteiger partial charge in [-0.3, -0.25) is 4.79 Å². The van der Waals surface area contributed by atoms with Gasteiger partial charge >= 0.3 is 11.9 Å². The van der Waals surface area contributed by atoms with Gasteiger partial charge in [0.15, 0.2) is 0 Å². The van der Waals surface area contributed by atoms with E-state index in [1.54, 1.807) is 12.1 Å². The number of ether oxygens (including phenoxy) is 2. The molecule has 0 amide bonds. The van der Waals surface area contributed by atoms with E-state index in [-0.39, 0.29) is 5.97 Å². The first-order chi connectivity index (χ1) is 19.7. The number of hydrogen-bond acceptors (Lipinski definition) is 4. The SMILES string of the molecule is COC(=O)C(C)(C)Cc1c(Cc2ccccc2)c2cc(OC(=O)c3ccccc3)ccc2n1Cc1ccc(Cl)cc1. The van der Waals surface area contributed by atoms with Crippen LogP contribution in [-0.4, -0.2) is 23.6 Å². The Morgan fingerprint density at radius 1 is 0.829 bits per heavy atom. The van der Waals surface area contributed by atoms with Crippen LogP contribution in [0.25, 0.3) is 10.9 Å². The fraction of sp³-hybridized carbons (Fsp3) is 0.200. The monoisotopic (exact) mass is 565 g/mol. The molecule has 1 heterocycles. The second-order valence-electron chi connectivity index (χ2n) is 10.8. The summed E-state index contributed by atoms with van der Waals surface area (Å²) in [5.41, 5.74) is 5.03. The number of carbonyl (C=O) groups is 2. The lowest BCUT2D eigenvalue weighted by Gasteiger charge is -2.24. The maximum Gasteiger partial charge on any atom is 0.343 e. The lowest BCUT2D eigenvalue weighted by atomic mass is 9.85. The van der Waals surface area contributed by atoms with Crippen molar-refractivity contribution in [2.24, 2.45) is 5.41 Å². The molecule has 0 spiro atoms. The van der Waals surface area contributed by atoms with Crippen LogP contribution in [0.3, 0.4) is 0 Å². The first kappa shape index (κ1) is 28.2. The van der Waals surface area contributed by atoms with Crippen molar-refractivity contribution in [3.63, 3.8) is 0 Å². The minimum Gasteiger partial charge on any atom is -0.469 e. The minimum atomic E-state index is -0.769. The maximum atomic E-state index is 12.9. The van der Waals surface area contributed by atoms with Crippen LogP contribution < -0.4 is 4.74 Å². The number of hydrogen-bond donors (Lipinski definition) is 0. The number of benzene rings is 4. The van der Waals surface area contributed by atoms with Crippen LogP contribution in [0, 0.1) is 5.41 Å². The molecule has 0 fully saturated rings. The number of fused-ring (bicyclic) bond motifs is 1. The molecule has 0 saturated carbocycles. The molecule has 0 atom stereocenters. The molecule has 208 valence electrons. The normalized spacial score (nSPS) is 11.4. The predicted octanol–water partition coefficient (Wildman–Crippen LogP) is 7.89. The zero-order valence-electron chi connectivity index (χ0n) is 23.4. The van der Waals surface area contributed by atoms with Crippen molar-refractivity contribution in [1.29, 1.82) is 0 Å². The van der Waals surface area contributed by atoms with Gasteiger partial charge in [-0.25, -0.2) is 4.79 Å². The second-order valence-corrected chi connectivity index (χ2v) is 11.2. The number of methoxy groups -OCH3 is 1. The number of esters is 2. The lowest BCUT2D eigenvalue weighted by molar-refractivity contribution is -0.150. The number of carbonyl (C=O) groups excluding carboxylic acids is 2. The van der Waals surface area contributed by atoms with Gasteiger partial charge in [-0.2, -0.15) is 0 Å². The van der Waals surface area contributed by atoms with Crippen molar-refractivity contribution in [1.82, 2.24) is 4.57 Å². The van der Waals surface area contributed by atoms with E-state index < -0.39 is 11.4 Å². The summed E-state index contributed by atoms with van der Waals surface area (Å²) in [7, 11) is 1.42. The predicted molar refractivity (Wildman–Crippen MR) is 163 cm³/mol. The summed E-state index contributed by atoms with van der Waals surface area (Å²) in [5, 5.41) is 1.64. The van der Waals surface area contributed by atoms with Gasteiger partial charge in [0.2, 0.25) is 0 Å². The topological polar surface area (TPSA) is 57.5 Å². The van der Waals surface area contributed by atoms with Crippen molar-refractivity contribution in [2.75, 3.05) is 7.11 Å². The molecular weight excluding hydrogens is 534 g/mol. The average Bonchev–Trinajstić information content (AvgIpc) is 3.25. The molecular formula is C35H32ClNO4. The Hall–Kier alpha value is -4.35. The van der Waals surface area contributed by atoms with E-state index in [1.165, 1.54) is 7.11 Å². The van der Waals surface area contributed by atoms with E-state index in [4.69, 9.17) is 21.1 Å². The third-order valence-corrected chi connectivity index (χ3v) is 7.56. The van der Waals surface area contributed by atoms with Gasteiger partial charge in [0.05, 0.1) is 18.1 Å². The van der Waals surface area contributed by atoms with Crippen molar-refractivity contribution >= 4 is 34.4 Å². The summed E-state index contributed by atoms with van der Waals surface area (Å²) in [6.07, 6.45) is 1.11. The Kier molecular flexibility index (Phi) is 8.27. The number of rotatable bonds is 9. The highest BCUT2D eigenvalue weighted by Crippen LogP contribution is 2.36. The molecule has 41 heavy (non-hydrogen) atoms. The summed E-state index contributed by atoms with van der Waals surface area (Å²) in [6.45, 7) is 4.39. The molecule has 0 saturated heterocycles. The quantitative estimate of drug-likeness (QED) is 0.135. The first-order valence-corrected chi connectivity index (χ1v) is 13.9. The summed E-state index contributed by atoms with van der Waals surface area (Å²) < 4.78 is 13.2. The summed E-state index contributed by atoms with van der Waals surface area (Å²) in [4.78, 5) is 25.7. The molecule has 0 N–H and O–H groups in total. The standard InChI is InChI=1S/C35H32ClNO4/c1-35(2,34(39)40-3)22-32-29(20-24-10-6-4-7-11-24)30-21-28(41-33(38)26-12-8-5-9-13-26)18-19-31(30)37(32)23-25-14-16-27(36)17-15-25/h4-19,21H,20,22-23H2,1-3H3. The fourth-order valence-electron chi connectivity index (χ4n) is 5.18. The van der Waals surface area contributed by atoms with Crippen LogP contribution in [0.1, 0.15) is 46.6 Å². The minimum absolute atomic E-state index is 0.274. The molecule has 5 rings (SSSR count). The molecule has 0 unspecified atom stereocenters. The van der Waals surface area contributed by atoms with Gasteiger partial charge in [0.1, 0.15) is 5.75 Å². The molecule has 5 aromatic rings. The van der Waals surface area contributed by atoms with E-state index in [1.807, 2.05) is 92.7 Å². The van der Waals surface area contributed by atoms with E-state index in [0.717, 1.165) is 33.3 Å². The smallest absolute Gasteiger partial charge is 0.343 e. The van der Waals surface area contributed by atoms with Crippen LogP contribution in [0.5, 0.6) is 5.75 Å². The van der Waals surface area contributed by atoms with Crippen LogP contribution in [0.4, 0.5) is 0 Å². The fourth-order valence-corrected chi connectivity index (χ4v) is 5.31. The third kappa shape index (κ3) is 6.36. The Labute approximate surface area is 245 Å². The third-order valence-electron chi connectivity index (χ3n) is 7.30. The largest absolute Gasteiger partial charge is 0.469 e. The van der Waals surface area contributed by atoms with Crippen molar-refractivity contribution in [3.8, 4) is 5.75 Å². The average molecular weight is 566 g/mol. The lowest BCUT2D eigenvalue weighted by Crippen LogP contribution is -2.29. The van der Waals surface area contributed by atoms with Crippen LogP contribution in [0.2, 0.25) is 5.02 Å². The Morgan fingerprint density at radius 2 is 1.49 bits per heavy atom. The number of aromatic nitrogens is 1. The number of halogens is 1. The van der Waals surface area contributed by atoms with E-state index >= 15 is 0 Å². The highest BCUT2D eigenvalue weighted by atomic mass is 35.5. The molecule has 0 radical (unpaired) electrons. The van der Waals surface area contributed by atoms with Gasteiger partial charge < -0.3 is 14.0 Å². The van der Waals surface area contributed by atoms with E-state index in [0.29, 0.717) is 35.7 Å². The van der Waals surface area contributed by atoms with Gasteiger partial charge in [0, 0.05) is 34.6 Å². The van der Waals surface area contributed by atoms with E-state index in [9.17, 15) is 9.59 Å². The number of nitrogens with zero attached hydrogens (tertiary/aromatic N) is 1. The van der Waals surface area contributed by atoms with E-state index in [2.05, 4.69) is 16.7 Å². The van der Waals surface area contributed by atoms with Gasteiger partial charge in [-0.1, -0.05) is 72.3 Å². The molecule has 0 aliphatic carbocycles. The Balaban J connectivity index is 1.67. The van der Waals surface area contributed by atoms with Gasteiger partial charge in [0.25, 0.3) is 0 Å². The molecule has 4 aromatic carbocycles.